The molecule has 15 heavy (non-hydrogen) atoms. The monoisotopic (exact) mass is 266 g/mol. The number of rotatable bonds is 5. The Morgan fingerprint density at radius 3 is 1.73 bits per heavy atom. The van der Waals surface area contributed by atoms with E-state index in [2.05, 4.69) is 0 Å². The molecule has 0 spiro atoms. The predicted molar refractivity (Wildman–Crippen MR) is 51.6 cm³/mol. The number of hydrogen-bond donors (Lipinski definition) is 3. The zero-order valence-electron chi connectivity index (χ0n) is 7.30. The van der Waals surface area contributed by atoms with Gasteiger partial charge in [0.2, 0.25) is 4.75 Å². The molecule has 3 N–H and O–H groups in total. The Labute approximate surface area is 129 Å². The summed E-state index contributed by atoms with van der Waals surface area (Å²) in [6.45, 7) is 1.17. The first-order valence-corrected chi connectivity index (χ1v) is 5.03. The number of carboxylic acid groups (broad SMARTS) is 2. The standard InChI is InChI=1S/C6H10O7S.K.H/c1-2-6(5(9)10,3-4(7)8)14(11,12)13;;/h2-3H2,1H3,(H,7,8)(H,9,10)(H,11,12,13);;. The van der Waals surface area contributed by atoms with Crippen molar-refractivity contribution in [3.63, 3.8) is 0 Å². The van der Waals surface area contributed by atoms with E-state index >= 15 is 0 Å². The van der Waals surface area contributed by atoms with Crippen LogP contribution in [-0.2, 0) is 19.7 Å². The number of hydrogen-bond acceptors (Lipinski definition) is 4. The second-order valence-electron chi connectivity index (χ2n) is 2.70. The average molecular weight is 266 g/mol. The Balaban J connectivity index is 0. The summed E-state index contributed by atoms with van der Waals surface area (Å²) >= 11 is 0. The van der Waals surface area contributed by atoms with Crippen LogP contribution in [0.1, 0.15) is 19.8 Å². The third-order valence-electron chi connectivity index (χ3n) is 1.89. The van der Waals surface area contributed by atoms with Crippen LogP contribution < -0.4 is 0 Å². The number of carbonyl (C=O) groups is 2. The second kappa shape index (κ2) is 6.28. The Morgan fingerprint density at radius 1 is 1.27 bits per heavy atom. The predicted octanol–water partition coefficient (Wildman–Crippen LogP) is -1.07. The van der Waals surface area contributed by atoms with E-state index < -0.39 is 39.6 Å². The van der Waals surface area contributed by atoms with Crippen LogP contribution in [0.25, 0.3) is 0 Å². The Bertz CT molecular complexity index is 348. The van der Waals surface area contributed by atoms with Crippen molar-refractivity contribution in [1.82, 2.24) is 0 Å². The summed E-state index contributed by atoms with van der Waals surface area (Å²) in [5, 5.41) is 17.0. The van der Waals surface area contributed by atoms with Gasteiger partial charge in [0.15, 0.2) is 0 Å². The van der Waals surface area contributed by atoms with Gasteiger partial charge in [-0.15, -0.1) is 0 Å². The van der Waals surface area contributed by atoms with Crippen LogP contribution in [0.5, 0.6) is 0 Å². The van der Waals surface area contributed by atoms with E-state index in [1.54, 1.807) is 0 Å². The molecule has 0 amide bonds. The number of carboxylic acids is 2. The molecule has 0 aliphatic heterocycles. The maximum absolute atomic E-state index is 10.8. The Morgan fingerprint density at radius 2 is 1.67 bits per heavy atom. The van der Waals surface area contributed by atoms with Gasteiger partial charge < -0.3 is 10.2 Å². The summed E-state index contributed by atoms with van der Waals surface area (Å²) in [5.41, 5.74) is 0. The Kier molecular flexibility index (Phi) is 7.48. The first kappa shape index (κ1) is 17.9. The van der Waals surface area contributed by atoms with Gasteiger partial charge in [0.05, 0.1) is 6.42 Å². The molecule has 9 heteroatoms. The first-order valence-electron chi connectivity index (χ1n) is 3.59. The molecule has 0 fully saturated rings. The Hall–Kier alpha value is 0.486. The van der Waals surface area contributed by atoms with Gasteiger partial charge in [-0.3, -0.25) is 14.1 Å². The SMILES string of the molecule is CCC(CC(=O)O)(C(=O)O)S(=O)(=O)O.[KH]. The minimum atomic E-state index is -4.95. The summed E-state index contributed by atoms with van der Waals surface area (Å²) in [4.78, 5) is 20.9. The van der Waals surface area contributed by atoms with Crippen molar-refractivity contribution in [3.05, 3.63) is 0 Å². The van der Waals surface area contributed by atoms with Gasteiger partial charge in [-0.25, -0.2) is 0 Å². The third kappa shape index (κ3) is 4.09. The molecule has 0 aliphatic rings. The molecule has 0 bridgehead atoms. The third-order valence-corrected chi connectivity index (χ3v) is 3.49. The molecule has 0 aromatic carbocycles. The second-order valence-corrected chi connectivity index (χ2v) is 4.43. The van der Waals surface area contributed by atoms with Crippen molar-refractivity contribution >= 4 is 73.4 Å². The molecule has 0 rings (SSSR count). The molecule has 1 unspecified atom stereocenters. The zero-order chi connectivity index (χ0) is 11.6. The van der Waals surface area contributed by atoms with Crippen LogP contribution in [0, 0.1) is 0 Å². The number of aliphatic carboxylic acids is 2. The molecule has 1 atom stereocenters. The van der Waals surface area contributed by atoms with E-state index in [1.807, 2.05) is 0 Å². The van der Waals surface area contributed by atoms with E-state index in [-0.39, 0.29) is 51.4 Å². The van der Waals surface area contributed by atoms with Gasteiger partial charge in [-0.1, -0.05) is 6.92 Å². The van der Waals surface area contributed by atoms with Gasteiger partial charge in [0.25, 0.3) is 10.1 Å². The molecular weight excluding hydrogens is 255 g/mol. The van der Waals surface area contributed by atoms with E-state index in [9.17, 15) is 18.0 Å². The summed E-state index contributed by atoms with van der Waals surface area (Å²) in [7, 11) is -4.95. The maximum atomic E-state index is 10.8. The molecule has 0 saturated carbocycles. The molecule has 0 radical (unpaired) electrons. The molecule has 0 saturated heterocycles. The molecule has 84 valence electrons. The molecule has 7 nitrogen and oxygen atoms in total. The van der Waals surface area contributed by atoms with Crippen LogP contribution in [-0.4, -0.2) is 91.3 Å². The molecule has 0 aromatic rings. The van der Waals surface area contributed by atoms with Crippen LogP contribution in [0.4, 0.5) is 0 Å². The summed E-state index contributed by atoms with van der Waals surface area (Å²) < 4.78 is 27.6. The topological polar surface area (TPSA) is 129 Å². The van der Waals surface area contributed by atoms with Crippen molar-refractivity contribution in [2.45, 2.75) is 24.5 Å². The average Bonchev–Trinajstić information content (AvgIpc) is 1.96. The van der Waals surface area contributed by atoms with E-state index in [4.69, 9.17) is 14.8 Å². The summed E-state index contributed by atoms with van der Waals surface area (Å²) in [5.74, 6) is -3.48. The van der Waals surface area contributed by atoms with E-state index in [0.29, 0.717) is 0 Å². The molecule has 0 heterocycles. The zero-order valence-corrected chi connectivity index (χ0v) is 8.11. The van der Waals surface area contributed by atoms with Gasteiger partial charge in [0.1, 0.15) is 0 Å². The van der Waals surface area contributed by atoms with Crippen LogP contribution >= 0.6 is 0 Å². The quantitative estimate of drug-likeness (QED) is 0.427. The van der Waals surface area contributed by atoms with E-state index in [1.165, 1.54) is 6.92 Å². The van der Waals surface area contributed by atoms with Crippen molar-refractivity contribution < 1.29 is 32.8 Å². The fraction of sp³-hybridized carbons (Fsp3) is 0.667. The molecule has 0 aromatic heterocycles. The van der Waals surface area contributed by atoms with Crippen LogP contribution in [0.3, 0.4) is 0 Å². The summed E-state index contributed by atoms with van der Waals surface area (Å²) in [6, 6.07) is 0. The van der Waals surface area contributed by atoms with Crippen molar-refractivity contribution in [3.8, 4) is 0 Å². The van der Waals surface area contributed by atoms with Crippen LogP contribution in [0.2, 0.25) is 0 Å². The molecular formula is C6H11KO7S. The van der Waals surface area contributed by atoms with Gasteiger partial charge in [-0.2, -0.15) is 8.42 Å². The fourth-order valence-corrected chi connectivity index (χ4v) is 1.87. The minimum absolute atomic E-state index is 0. The van der Waals surface area contributed by atoms with Gasteiger partial charge in [-0.05, 0) is 6.42 Å². The normalized spacial score (nSPS) is 14.8. The van der Waals surface area contributed by atoms with E-state index in [0.717, 1.165) is 0 Å². The first-order chi connectivity index (χ1) is 6.17. The van der Waals surface area contributed by atoms with Crippen molar-refractivity contribution in [2.75, 3.05) is 0 Å². The van der Waals surface area contributed by atoms with Crippen LogP contribution in [0.15, 0.2) is 0 Å². The molecule has 0 aliphatic carbocycles. The fourth-order valence-electron chi connectivity index (χ4n) is 0.980. The van der Waals surface area contributed by atoms with Gasteiger partial charge >= 0.3 is 63.3 Å². The van der Waals surface area contributed by atoms with Crippen molar-refractivity contribution in [2.24, 2.45) is 0 Å². The van der Waals surface area contributed by atoms with Crippen molar-refractivity contribution in [1.29, 1.82) is 0 Å². The van der Waals surface area contributed by atoms with Gasteiger partial charge in [0, 0.05) is 0 Å². The summed E-state index contributed by atoms with van der Waals surface area (Å²) in [6.07, 6.45) is -1.69.